The van der Waals surface area contributed by atoms with E-state index in [-0.39, 0.29) is 17.9 Å². The minimum atomic E-state index is -0.302. The van der Waals surface area contributed by atoms with E-state index in [1.54, 1.807) is 0 Å². The fraction of sp³-hybridized carbons (Fsp3) is 0.562. The van der Waals surface area contributed by atoms with Crippen LogP contribution in [-0.4, -0.2) is 13.1 Å². The summed E-state index contributed by atoms with van der Waals surface area (Å²) in [6, 6.07) is 7.96. The number of carbonyl (C=O) groups excluding carboxylic acids is 1. The summed E-state index contributed by atoms with van der Waals surface area (Å²) in [6.07, 6.45) is 1.80. The average molecular weight is 263 g/mol. The lowest BCUT2D eigenvalue weighted by atomic mass is 9.89. The van der Waals surface area contributed by atoms with Crippen molar-refractivity contribution in [1.29, 1.82) is 0 Å². The van der Waals surface area contributed by atoms with Gasteiger partial charge in [0.05, 0.1) is 13.0 Å². The third-order valence-corrected chi connectivity index (χ3v) is 3.88. The van der Waals surface area contributed by atoms with Crippen LogP contribution < -0.4 is 5.73 Å². The zero-order valence-electron chi connectivity index (χ0n) is 12.3. The Morgan fingerprint density at radius 2 is 1.68 bits per heavy atom. The van der Waals surface area contributed by atoms with Gasteiger partial charge in [0, 0.05) is 6.04 Å². The monoisotopic (exact) mass is 263 g/mol. The fourth-order valence-corrected chi connectivity index (χ4v) is 2.23. The van der Waals surface area contributed by atoms with Crippen molar-refractivity contribution in [2.24, 2.45) is 11.7 Å². The van der Waals surface area contributed by atoms with E-state index in [2.05, 4.69) is 26.0 Å². The van der Waals surface area contributed by atoms with Crippen LogP contribution in [0.4, 0.5) is 0 Å². The van der Waals surface area contributed by atoms with Gasteiger partial charge in [0.25, 0.3) is 0 Å². The molecule has 0 saturated heterocycles. The summed E-state index contributed by atoms with van der Waals surface area (Å²) in [5, 5.41) is 0. The number of rotatable bonds is 6. The molecule has 0 spiro atoms. The number of nitrogens with two attached hydrogens (primary N) is 1. The largest absolute Gasteiger partial charge is 0.469 e. The first-order valence-corrected chi connectivity index (χ1v) is 6.98. The van der Waals surface area contributed by atoms with Crippen molar-refractivity contribution in [2.75, 3.05) is 7.11 Å². The van der Waals surface area contributed by atoms with Crippen LogP contribution in [0.1, 0.15) is 56.7 Å². The molecule has 3 unspecified atom stereocenters. The number of carbonyl (C=O) groups is 1. The van der Waals surface area contributed by atoms with E-state index in [4.69, 9.17) is 10.5 Å². The molecule has 3 nitrogen and oxygen atoms in total. The van der Waals surface area contributed by atoms with Crippen LogP contribution in [0.3, 0.4) is 0 Å². The standard InChI is InChI=1S/C16H25NO2/c1-5-11(3)12-7-9-13(10-8-12)15(17)14(6-2)16(18)19-4/h7-11,14-15H,5-6,17H2,1-4H3. The Bertz CT molecular complexity index is 400. The molecule has 0 aliphatic heterocycles. The van der Waals surface area contributed by atoms with Gasteiger partial charge in [0.1, 0.15) is 0 Å². The molecule has 0 bridgehead atoms. The summed E-state index contributed by atoms with van der Waals surface area (Å²) >= 11 is 0. The van der Waals surface area contributed by atoms with Crippen LogP contribution in [-0.2, 0) is 9.53 Å². The van der Waals surface area contributed by atoms with Crippen LogP contribution in [0, 0.1) is 5.92 Å². The van der Waals surface area contributed by atoms with Crippen LogP contribution in [0.5, 0.6) is 0 Å². The Balaban J connectivity index is 2.87. The molecule has 106 valence electrons. The second-order valence-electron chi connectivity index (χ2n) is 5.04. The van der Waals surface area contributed by atoms with Gasteiger partial charge in [-0.3, -0.25) is 4.79 Å². The number of methoxy groups -OCH3 is 1. The summed E-state index contributed by atoms with van der Waals surface area (Å²) in [5.41, 5.74) is 8.48. The van der Waals surface area contributed by atoms with Crippen LogP contribution in [0.25, 0.3) is 0 Å². The van der Waals surface area contributed by atoms with Crippen LogP contribution in [0.2, 0.25) is 0 Å². The summed E-state index contributed by atoms with van der Waals surface area (Å²) in [4.78, 5) is 11.7. The molecule has 0 radical (unpaired) electrons. The molecule has 3 heteroatoms. The third kappa shape index (κ3) is 3.80. The molecule has 0 aliphatic rings. The van der Waals surface area contributed by atoms with E-state index in [1.807, 2.05) is 19.1 Å². The van der Waals surface area contributed by atoms with Crippen molar-refractivity contribution in [3.05, 3.63) is 35.4 Å². The molecular weight excluding hydrogens is 238 g/mol. The Kier molecular flexibility index (Phi) is 6.03. The second-order valence-corrected chi connectivity index (χ2v) is 5.04. The molecule has 2 N–H and O–H groups in total. The number of benzene rings is 1. The highest BCUT2D eigenvalue weighted by Crippen LogP contribution is 2.26. The first-order chi connectivity index (χ1) is 9.04. The molecule has 0 saturated carbocycles. The molecule has 0 aromatic heterocycles. The molecular formula is C16H25NO2. The van der Waals surface area contributed by atoms with E-state index < -0.39 is 0 Å². The van der Waals surface area contributed by atoms with Crippen molar-refractivity contribution in [3.63, 3.8) is 0 Å². The fourth-order valence-electron chi connectivity index (χ4n) is 2.23. The molecule has 1 aromatic carbocycles. The molecule has 0 heterocycles. The van der Waals surface area contributed by atoms with E-state index in [0.29, 0.717) is 12.3 Å². The van der Waals surface area contributed by atoms with Crippen molar-refractivity contribution < 1.29 is 9.53 Å². The van der Waals surface area contributed by atoms with E-state index >= 15 is 0 Å². The second kappa shape index (κ2) is 7.29. The van der Waals surface area contributed by atoms with Gasteiger partial charge in [0.2, 0.25) is 0 Å². The van der Waals surface area contributed by atoms with Crippen molar-refractivity contribution in [3.8, 4) is 0 Å². The Labute approximate surface area is 116 Å². The summed E-state index contributed by atoms with van der Waals surface area (Å²) in [7, 11) is 1.41. The van der Waals surface area contributed by atoms with Crippen molar-refractivity contribution in [1.82, 2.24) is 0 Å². The van der Waals surface area contributed by atoms with Gasteiger partial charge < -0.3 is 10.5 Å². The quantitative estimate of drug-likeness (QED) is 0.800. The van der Waals surface area contributed by atoms with Gasteiger partial charge in [-0.15, -0.1) is 0 Å². The Morgan fingerprint density at radius 1 is 1.16 bits per heavy atom. The lowest BCUT2D eigenvalue weighted by Gasteiger charge is -2.21. The number of esters is 1. The highest BCUT2D eigenvalue weighted by molar-refractivity contribution is 5.73. The highest BCUT2D eigenvalue weighted by Gasteiger charge is 2.25. The zero-order chi connectivity index (χ0) is 14.4. The first kappa shape index (κ1) is 15.7. The maximum atomic E-state index is 11.7. The topological polar surface area (TPSA) is 52.3 Å². The van der Waals surface area contributed by atoms with E-state index in [0.717, 1.165) is 12.0 Å². The maximum Gasteiger partial charge on any atom is 0.310 e. The lowest BCUT2D eigenvalue weighted by Crippen LogP contribution is -2.28. The van der Waals surface area contributed by atoms with Gasteiger partial charge in [-0.25, -0.2) is 0 Å². The number of hydrogen-bond donors (Lipinski definition) is 1. The predicted octanol–water partition coefficient (Wildman–Crippen LogP) is 3.40. The van der Waals surface area contributed by atoms with E-state index in [1.165, 1.54) is 12.7 Å². The summed E-state index contributed by atoms with van der Waals surface area (Å²) in [6.45, 7) is 6.34. The molecule has 1 rings (SSSR count). The molecule has 0 fully saturated rings. The lowest BCUT2D eigenvalue weighted by molar-refractivity contribution is -0.146. The van der Waals surface area contributed by atoms with Gasteiger partial charge in [-0.05, 0) is 29.9 Å². The minimum absolute atomic E-state index is 0.235. The number of hydrogen-bond acceptors (Lipinski definition) is 3. The summed E-state index contributed by atoms with van der Waals surface area (Å²) < 4.78 is 4.81. The molecule has 0 amide bonds. The molecule has 1 aromatic rings. The van der Waals surface area contributed by atoms with Crippen molar-refractivity contribution >= 4 is 5.97 Å². The predicted molar refractivity (Wildman–Crippen MR) is 77.9 cm³/mol. The zero-order valence-corrected chi connectivity index (χ0v) is 12.3. The maximum absolute atomic E-state index is 11.7. The first-order valence-electron chi connectivity index (χ1n) is 6.98. The van der Waals surface area contributed by atoms with Gasteiger partial charge in [0.15, 0.2) is 0 Å². The van der Waals surface area contributed by atoms with Crippen LogP contribution >= 0.6 is 0 Å². The Hall–Kier alpha value is -1.35. The third-order valence-electron chi connectivity index (χ3n) is 3.88. The number of ether oxygens (including phenoxy) is 1. The molecule has 19 heavy (non-hydrogen) atoms. The summed E-state index contributed by atoms with van der Waals surface area (Å²) in [5.74, 6) is 0.0355. The Morgan fingerprint density at radius 3 is 2.11 bits per heavy atom. The molecule has 0 aliphatic carbocycles. The van der Waals surface area contributed by atoms with Gasteiger partial charge >= 0.3 is 5.97 Å². The minimum Gasteiger partial charge on any atom is -0.469 e. The van der Waals surface area contributed by atoms with E-state index in [9.17, 15) is 4.79 Å². The van der Waals surface area contributed by atoms with Crippen LogP contribution in [0.15, 0.2) is 24.3 Å². The molecule has 3 atom stereocenters. The average Bonchev–Trinajstić information content (AvgIpc) is 2.46. The smallest absolute Gasteiger partial charge is 0.310 e. The van der Waals surface area contributed by atoms with Crippen molar-refractivity contribution in [2.45, 2.75) is 45.6 Å². The SMILES string of the molecule is CCC(C)c1ccc(C(N)C(CC)C(=O)OC)cc1. The highest BCUT2D eigenvalue weighted by atomic mass is 16.5. The normalized spacial score (nSPS) is 15.6. The van der Waals surface area contributed by atoms with Gasteiger partial charge in [-0.1, -0.05) is 45.0 Å². The van der Waals surface area contributed by atoms with Gasteiger partial charge in [-0.2, -0.15) is 0 Å².